The fourth-order valence-corrected chi connectivity index (χ4v) is 2.28. The molecule has 1 aromatic carbocycles. The minimum absolute atomic E-state index is 0. The molecule has 8 heteroatoms. The van der Waals surface area contributed by atoms with Crippen LogP contribution in [0.25, 0.3) is 0 Å². The summed E-state index contributed by atoms with van der Waals surface area (Å²) in [5.74, 6) is -3.92. The number of carboxylic acids is 2. The molecular weight excluding hydrogens is 313 g/mol. The maximum Gasteiger partial charge on any atom is 1.00 e. The summed E-state index contributed by atoms with van der Waals surface area (Å²) in [6.07, 6.45) is -0.0460. The van der Waals surface area contributed by atoms with Gasteiger partial charge >= 0.3 is 59.1 Å². The third kappa shape index (κ3) is 3.50. The number of hydrogen-bond acceptors (Lipinski definition) is 4. The molecule has 2 atom stereocenters. The van der Waals surface area contributed by atoms with Crippen molar-refractivity contribution in [3.8, 4) is 0 Å². The Kier molecular flexibility index (Phi) is 7.42. The molecule has 1 aliphatic rings. The molecule has 2 rings (SSSR count). The van der Waals surface area contributed by atoms with E-state index in [-0.39, 0.29) is 81.1 Å². The molecule has 90 valence electrons. The number of carboxylic acid groups (broad SMARTS) is 2. The first-order valence-electron chi connectivity index (χ1n) is 4.77. The molecule has 0 bridgehead atoms. The van der Waals surface area contributed by atoms with Crippen molar-refractivity contribution in [2.45, 2.75) is 11.8 Å². The van der Waals surface area contributed by atoms with Crippen molar-refractivity contribution in [1.29, 1.82) is 0 Å². The number of rotatable bonds is 3. The number of carbonyl (C=O) groups is 2. The average molecular weight is 319 g/mol. The van der Waals surface area contributed by atoms with Crippen LogP contribution in [0.4, 0.5) is 0 Å². The van der Waals surface area contributed by atoms with Crippen LogP contribution in [0, 0.1) is 5.92 Å². The topological polar surface area (TPSA) is 80.3 Å². The zero-order chi connectivity index (χ0) is 12.8. The van der Waals surface area contributed by atoms with Gasteiger partial charge in [-0.1, -0.05) is 29.3 Å². The van der Waals surface area contributed by atoms with Gasteiger partial charge < -0.3 is 19.8 Å². The van der Waals surface area contributed by atoms with Crippen molar-refractivity contribution >= 4 is 35.1 Å². The summed E-state index contributed by atoms with van der Waals surface area (Å²) in [5, 5.41) is 22.3. The summed E-state index contributed by atoms with van der Waals surface area (Å²) in [6.45, 7) is 0. The van der Waals surface area contributed by atoms with Crippen molar-refractivity contribution in [2.24, 2.45) is 5.92 Å². The van der Waals surface area contributed by atoms with E-state index < -0.39 is 23.3 Å². The smallest absolute Gasteiger partial charge is 0.550 e. The Morgan fingerprint density at radius 1 is 1.16 bits per heavy atom. The molecule has 0 radical (unpaired) electrons. The summed E-state index contributed by atoms with van der Waals surface area (Å²) < 4.78 is 0. The van der Waals surface area contributed by atoms with Crippen LogP contribution in [0.5, 0.6) is 0 Å². The van der Waals surface area contributed by atoms with Gasteiger partial charge in [-0.05, 0) is 24.1 Å². The zero-order valence-electron chi connectivity index (χ0n) is 10.4. The number of aliphatic carboxylic acids is 2. The molecule has 1 aliphatic carbocycles. The van der Waals surface area contributed by atoms with Gasteiger partial charge in [-0.15, -0.1) is 0 Å². The van der Waals surface area contributed by atoms with Gasteiger partial charge in [-0.3, -0.25) is 0 Å². The van der Waals surface area contributed by atoms with Crippen molar-refractivity contribution < 1.29 is 78.9 Å². The summed E-state index contributed by atoms with van der Waals surface area (Å²) in [6, 6.07) is 4.21. The van der Waals surface area contributed by atoms with Gasteiger partial charge in [0, 0.05) is 17.3 Å². The van der Waals surface area contributed by atoms with Crippen LogP contribution in [-0.2, 0) is 15.0 Å². The van der Waals surface area contributed by atoms with E-state index in [1.54, 1.807) is 0 Å². The molecule has 0 saturated heterocycles. The average Bonchev–Trinajstić information content (AvgIpc) is 2.98. The maximum atomic E-state index is 11.1. The van der Waals surface area contributed by atoms with Gasteiger partial charge in [0.15, 0.2) is 0 Å². The molecule has 0 amide bonds. The fraction of sp³-hybridized carbons (Fsp3) is 0.273. The standard InChI is InChI=1S/C11H8Cl2O4.2Na/c12-7-2-1-5(3-8(7)13)11(10(16)17)4-6(11)9(14)15;;/h1-3,6H,4H2,(H,14,15)(H,16,17);;/q;2*+1/p-2. The van der Waals surface area contributed by atoms with Crippen LogP contribution in [0.3, 0.4) is 0 Å². The molecule has 19 heavy (non-hydrogen) atoms. The number of halogens is 2. The Hall–Kier alpha value is 0.740. The summed E-state index contributed by atoms with van der Waals surface area (Å²) in [7, 11) is 0. The van der Waals surface area contributed by atoms with Crippen molar-refractivity contribution in [1.82, 2.24) is 0 Å². The molecule has 0 N–H and O–H groups in total. The van der Waals surface area contributed by atoms with Crippen molar-refractivity contribution in [3.05, 3.63) is 33.8 Å². The van der Waals surface area contributed by atoms with Gasteiger partial charge in [0.25, 0.3) is 0 Å². The quantitative estimate of drug-likeness (QED) is 0.519. The largest absolute Gasteiger partial charge is 1.00 e. The van der Waals surface area contributed by atoms with Gasteiger partial charge in [0.05, 0.1) is 16.0 Å². The minimum atomic E-state index is -1.53. The van der Waals surface area contributed by atoms with Crippen LogP contribution in [0.1, 0.15) is 12.0 Å². The van der Waals surface area contributed by atoms with Crippen LogP contribution in [0.15, 0.2) is 18.2 Å². The summed E-state index contributed by atoms with van der Waals surface area (Å²) >= 11 is 11.5. The molecule has 4 nitrogen and oxygen atoms in total. The Morgan fingerprint density at radius 3 is 2.11 bits per heavy atom. The normalized spacial score (nSPS) is 23.8. The first-order chi connectivity index (χ1) is 7.89. The SMILES string of the molecule is O=C([O-])C1CC1(C(=O)[O-])c1ccc(Cl)c(Cl)c1.[Na+].[Na+]. The third-order valence-electron chi connectivity index (χ3n) is 3.04. The van der Waals surface area contributed by atoms with E-state index >= 15 is 0 Å². The Balaban J connectivity index is 0.00000162. The molecule has 0 aromatic heterocycles. The van der Waals surface area contributed by atoms with Crippen molar-refractivity contribution in [3.63, 3.8) is 0 Å². The van der Waals surface area contributed by atoms with E-state index in [0.29, 0.717) is 0 Å². The second-order valence-electron chi connectivity index (χ2n) is 3.96. The van der Waals surface area contributed by atoms with Crippen LogP contribution >= 0.6 is 23.2 Å². The van der Waals surface area contributed by atoms with E-state index in [4.69, 9.17) is 23.2 Å². The van der Waals surface area contributed by atoms with E-state index in [2.05, 4.69) is 0 Å². The van der Waals surface area contributed by atoms with Crippen LogP contribution in [-0.4, -0.2) is 11.9 Å². The predicted molar refractivity (Wildman–Crippen MR) is 56.3 cm³/mol. The molecule has 1 aromatic rings. The Labute approximate surface area is 164 Å². The van der Waals surface area contributed by atoms with Crippen LogP contribution in [0.2, 0.25) is 10.0 Å². The van der Waals surface area contributed by atoms with Gasteiger partial charge in [-0.2, -0.15) is 0 Å². The van der Waals surface area contributed by atoms with Crippen molar-refractivity contribution in [2.75, 3.05) is 0 Å². The maximum absolute atomic E-state index is 11.1. The molecule has 2 unspecified atom stereocenters. The minimum Gasteiger partial charge on any atom is -0.550 e. The number of hydrogen-bond donors (Lipinski definition) is 0. The molecular formula is C11H6Cl2Na2O4. The van der Waals surface area contributed by atoms with Gasteiger partial charge in [0.2, 0.25) is 0 Å². The van der Waals surface area contributed by atoms with Gasteiger partial charge in [0.1, 0.15) is 0 Å². The molecule has 1 fully saturated rings. The second-order valence-corrected chi connectivity index (χ2v) is 4.78. The Bertz CT molecular complexity index is 523. The zero-order valence-corrected chi connectivity index (χ0v) is 15.9. The molecule has 0 spiro atoms. The molecule has 1 saturated carbocycles. The number of benzene rings is 1. The molecule has 0 aliphatic heterocycles. The molecule has 0 heterocycles. The van der Waals surface area contributed by atoms with E-state index in [1.165, 1.54) is 18.2 Å². The van der Waals surface area contributed by atoms with E-state index in [0.717, 1.165) is 0 Å². The summed E-state index contributed by atoms with van der Waals surface area (Å²) in [4.78, 5) is 21.9. The Morgan fingerprint density at radius 2 is 1.74 bits per heavy atom. The van der Waals surface area contributed by atoms with Crippen LogP contribution < -0.4 is 69.3 Å². The van der Waals surface area contributed by atoms with E-state index in [9.17, 15) is 19.8 Å². The van der Waals surface area contributed by atoms with Gasteiger partial charge in [-0.25, -0.2) is 0 Å². The fourth-order valence-electron chi connectivity index (χ4n) is 1.98. The summed E-state index contributed by atoms with van der Waals surface area (Å²) in [5.41, 5.74) is -1.26. The number of carbonyl (C=O) groups excluding carboxylic acids is 2. The monoisotopic (exact) mass is 318 g/mol. The predicted octanol–water partition coefficient (Wildman–Crippen LogP) is -6.24. The first kappa shape index (κ1) is 19.7. The second kappa shape index (κ2) is 7.14. The third-order valence-corrected chi connectivity index (χ3v) is 3.78. The van der Waals surface area contributed by atoms with E-state index in [1.807, 2.05) is 0 Å². The first-order valence-corrected chi connectivity index (χ1v) is 5.53.